The maximum absolute atomic E-state index is 10.4. The molecule has 1 N–H and O–H groups in total. The minimum absolute atomic E-state index is 0.111. The Bertz CT molecular complexity index is 366. The van der Waals surface area contributed by atoms with Crippen LogP contribution in [0.5, 0.6) is 5.75 Å². The molecule has 1 aromatic carbocycles. The topological polar surface area (TPSA) is 46.5 Å². The van der Waals surface area contributed by atoms with E-state index in [4.69, 9.17) is 33.0 Å². The van der Waals surface area contributed by atoms with Crippen LogP contribution in [0.4, 0.5) is 0 Å². The second-order valence-electron chi connectivity index (χ2n) is 3.05. The molecule has 1 aromatic rings. The summed E-state index contributed by atoms with van der Waals surface area (Å²) in [5.41, 5.74) is 1.01. The van der Waals surface area contributed by atoms with Gasteiger partial charge in [-0.05, 0) is 24.6 Å². The third kappa shape index (κ3) is 3.61. The van der Waals surface area contributed by atoms with Gasteiger partial charge in [-0.15, -0.1) is 11.6 Å². The minimum Gasteiger partial charge on any atom is -0.490 e. The summed E-state index contributed by atoms with van der Waals surface area (Å²) >= 11 is 11.4. The van der Waals surface area contributed by atoms with Crippen molar-refractivity contribution in [2.75, 3.05) is 6.61 Å². The van der Waals surface area contributed by atoms with E-state index < -0.39 is 11.3 Å². The Balaban J connectivity index is 2.62. The third-order valence-electron chi connectivity index (χ3n) is 1.74. The second-order valence-corrected chi connectivity index (χ2v) is 3.98. The smallest absolute Gasteiger partial charge is 0.325 e. The molecule has 0 heterocycles. The number of aryl methyl sites for hydroxylation is 1. The average Bonchev–Trinajstić information content (AvgIpc) is 2.15. The summed E-state index contributed by atoms with van der Waals surface area (Å²) in [6.45, 7) is 1.79. The van der Waals surface area contributed by atoms with Crippen LogP contribution in [0.25, 0.3) is 0 Å². The Morgan fingerprint density at radius 1 is 1.60 bits per heavy atom. The molecular formula is C10H10Cl2O3. The van der Waals surface area contributed by atoms with Gasteiger partial charge in [-0.1, -0.05) is 17.7 Å². The van der Waals surface area contributed by atoms with Crippen molar-refractivity contribution < 1.29 is 14.6 Å². The van der Waals surface area contributed by atoms with Crippen molar-refractivity contribution in [3.63, 3.8) is 0 Å². The number of carboxylic acid groups (broad SMARTS) is 1. The highest BCUT2D eigenvalue weighted by Gasteiger charge is 2.14. The highest BCUT2D eigenvalue weighted by molar-refractivity contribution is 6.32. The van der Waals surface area contributed by atoms with E-state index in [0.717, 1.165) is 5.56 Å². The van der Waals surface area contributed by atoms with Gasteiger partial charge in [0, 0.05) is 0 Å². The molecular weight excluding hydrogens is 239 g/mol. The molecule has 0 aliphatic heterocycles. The van der Waals surface area contributed by atoms with E-state index in [2.05, 4.69) is 0 Å². The first-order valence-electron chi connectivity index (χ1n) is 4.26. The van der Waals surface area contributed by atoms with Crippen molar-refractivity contribution in [2.24, 2.45) is 0 Å². The largest absolute Gasteiger partial charge is 0.490 e. The molecule has 0 radical (unpaired) electrons. The van der Waals surface area contributed by atoms with Crippen molar-refractivity contribution in [1.29, 1.82) is 0 Å². The molecule has 82 valence electrons. The summed E-state index contributed by atoms with van der Waals surface area (Å²) < 4.78 is 5.17. The molecule has 0 fully saturated rings. The van der Waals surface area contributed by atoms with Crippen LogP contribution in [0.2, 0.25) is 5.02 Å². The molecule has 1 atom stereocenters. The second kappa shape index (κ2) is 5.24. The lowest BCUT2D eigenvalue weighted by atomic mass is 10.2. The highest BCUT2D eigenvalue weighted by Crippen LogP contribution is 2.25. The fourth-order valence-electron chi connectivity index (χ4n) is 0.957. The van der Waals surface area contributed by atoms with Crippen LogP contribution in [-0.4, -0.2) is 23.1 Å². The molecule has 3 nitrogen and oxygen atoms in total. The Hall–Kier alpha value is -0.930. The van der Waals surface area contributed by atoms with Gasteiger partial charge >= 0.3 is 5.97 Å². The predicted octanol–water partition coefficient (Wildman–Crippen LogP) is 2.72. The molecule has 0 bridgehead atoms. The summed E-state index contributed by atoms with van der Waals surface area (Å²) in [5, 5.41) is 7.91. The van der Waals surface area contributed by atoms with E-state index >= 15 is 0 Å². The van der Waals surface area contributed by atoms with Crippen molar-refractivity contribution >= 4 is 29.2 Å². The van der Waals surface area contributed by atoms with Crippen LogP contribution in [0, 0.1) is 6.92 Å². The van der Waals surface area contributed by atoms with E-state index in [0.29, 0.717) is 10.8 Å². The maximum atomic E-state index is 10.4. The molecule has 5 heteroatoms. The number of hydrogen-bond acceptors (Lipinski definition) is 2. The van der Waals surface area contributed by atoms with Crippen LogP contribution >= 0.6 is 23.2 Å². The van der Waals surface area contributed by atoms with Crippen molar-refractivity contribution in [3.8, 4) is 5.75 Å². The average molecular weight is 249 g/mol. The SMILES string of the molecule is Cc1ccc(OCC(Cl)C(=O)O)c(Cl)c1. The lowest BCUT2D eigenvalue weighted by Crippen LogP contribution is -2.21. The van der Waals surface area contributed by atoms with Crippen molar-refractivity contribution in [1.82, 2.24) is 0 Å². The molecule has 0 aliphatic carbocycles. The predicted molar refractivity (Wildman–Crippen MR) is 59.0 cm³/mol. The molecule has 0 saturated heterocycles. The number of alkyl halides is 1. The van der Waals surface area contributed by atoms with Crippen molar-refractivity contribution in [3.05, 3.63) is 28.8 Å². The maximum Gasteiger partial charge on any atom is 0.325 e. The van der Waals surface area contributed by atoms with E-state index in [1.54, 1.807) is 12.1 Å². The van der Waals surface area contributed by atoms with Gasteiger partial charge in [0.25, 0.3) is 0 Å². The van der Waals surface area contributed by atoms with Crippen LogP contribution in [0.3, 0.4) is 0 Å². The van der Waals surface area contributed by atoms with E-state index in [-0.39, 0.29) is 6.61 Å². The van der Waals surface area contributed by atoms with Gasteiger partial charge in [-0.25, -0.2) is 0 Å². The van der Waals surface area contributed by atoms with Crippen molar-refractivity contribution in [2.45, 2.75) is 12.3 Å². The molecule has 1 unspecified atom stereocenters. The highest BCUT2D eigenvalue weighted by atomic mass is 35.5. The molecule has 0 aromatic heterocycles. The Kier molecular flexibility index (Phi) is 4.24. The van der Waals surface area contributed by atoms with E-state index in [1.165, 1.54) is 0 Å². The molecule has 0 amide bonds. The summed E-state index contributed by atoms with van der Waals surface area (Å²) in [4.78, 5) is 10.4. The standard InChI is InChI=1S/C10H10Cl2O3/c1-6-2-3-9(7(11)4-6)15-5-8(12)10(13)14/h2-4,8H,5H2,1H3,(H,13,14). The van der Waals surface area contributed by atoms with Gasteiger partial charge in [0.2, 0.25) is 0 Å². The lowest BCUT2D eigenvalue weighted by molar-refractivity contribution is -0.137. The summed E-state index contributed by atoms with van der Waals surface area (Å²) in [6, 6.07) is 5.25. The zero-order valence-corrected chi connectivity index (χ0v) is 9.55. The van der Waals surface area contributed by atoms with Crippen LogP contribution < -0.4 is 4.74 Å². The number of ether oxygens (including phenoxy) is 1. The van der Waals surface area contributed by atoms with Gasteiger partial charge in [-0.3, -0.25) is 4.79 Å². The quantitative estimate of drug-likeness (QED) is 0.834. The normalized spacial score (nSPS) is 12.2. The van der Waals surface area contributed by atoms with Crippen LogP contribution in [-0.2, 0) is 4.79 Å². The van der Waals surface area contributed by atoms with Crippen LogP contribution in [0.15, 0.2) is 18.2 Å². The summed E-state index contributed by atoms with van der Waals surface area (Å²) in [5.74, 6) is -0.672. The first-order valence-corrected chi connectivity index (χ1v) is 5.08. The number of hydrogen-bond donors (Lipinski definition) is 1. The number of rotatable bonds is 4. The number of benzene rings is 1. The van der Waals surface area contributed by atoms with Crippen LogP contribution in [0.1, 0.15) is 5.56 Å². The minimum atomic E-state index is -1.11. The number of aliphatic carboxylic acids is 1. The third-order valence-corrected chi connectivity index (χ3v) is 2.35. The first-order chi connectivity index (χ1) is 7.00. The number of halogens is 2. The fourth-order valence-corrected chi connectivity index (χ4v) is 1.31. The Morgan fingerprint density at radius 2 is 2.27 bits per heavy atom. The molecule has 1 rings (SSSR count). The lowest BCUT2D eigenvalue weighted by Gasteiger charge is -2.09. The molecule has 15 heavy (non-hydrogen) atoms. The first kappa shape index (κ1) is 12.1. The summed E-state index contributed by atoms with van der Waals surface area (Å²) in [6.07, 6.45) is 0. The number of carbonyl (C=O) groups is 1. The van der Waals surface area contributed by atoms with Gasteiger partial charge in [0.1, 0.15) is 12.4 Å². The molecule has 0 saturated carbocycles. The monoisotopic (exact) mass is 248 g/mol. The Morgan fingerprint density at radius 3 is 2.80 bits per heavy atom. The van der Waals surface area contributed by atoms with Gasteiger partial charge in [0.15, 0.2) is 5.38 Å². The van der Waals surface area contributed by atoms with Gasteiger partial charge < -0.3 is 9.84 Å². The zero-order valence-electron chi connectivity index (χ0n) is 8.04. The van der Waals surface area contributed by atoms with Gasteiger partial charge in [0.05, 0.1) is 5.02 Å². The summed E-state index contributed by atoms with van der Waals surface area (Å²) in [7, 11) is 0. The Labute approximate surface area is 97.6 Å². The molecule has 0 aliphatic rings. The fraction of sp³-hybridized carbons (Fsp3) is 0.300. The zero-order chi connectivity index (χ0) is 11.4. The molecule has 0 spiro atoms. The van der Waals surface area contributed by atoms with Gasteiger partial charge in [-0.2, -0.15) is 0 Å². The van der Waals surface area contributed by atoms with E-state index in [9.17, 15) is 4.79 Å². The van der Waals surface area contributed by atoms with E-state index in [1.807, 2.05) is 13.0 Å². The number of carboxylic acids is 1.